The number of thiophene rings is 1. The molecule has 4 heterocycles. The van der Waals surface area contributed by atoms with Crippen LogP contribution in [0.2, 0.25) is 0 Å². The van der Waals surface area contributed by atoms with Crippen LogP contribution in [-0.2, 0) is 5.41 Å². The van der Waals surface area contributed by atoms with Crippen LogP contribution >= 0.6 is 11.3 Å². The molecular formula is C49H31N3S. The van der Waals surface area contributed by atoms with Crippen LogP contribution < -0.4 is 0 Å². The first-order valence-electron chi connectivity index (χ1n) is 18.0. The molecule has 0 bridgehead atoms. The van der Waals surface area contributed by atoms with Gasteiger partial charge in [-0.05, 0) is 103 Å². The van der Waals surface area contributed by atoms with E-state index in [0.717, 1.165) is 16.7 Å². The Hall–Kier alpha value is -6.62. The molecule has 53 heavy (non-hydrogen) atoms. The van der Waals surface area contributed by atoms with Gasteiger partial charge in [0.15, 0.2) is 0 Å². The lowest BCUT2D eigenvalue weighted by atomic mass is 9.67. The Morgan fingerprint density at radius 1 is 0.491 bits per heavy atom. The third kappa shape index (κ3) is 4.52. The number of aromatic nitrogens is 3. The molecule has 0 spiro atoms. The molecule has 4 aromatic heterocycles. The Kier molecular flexibility index (Phi) is 6.64. The van der Waals surface area contributed by atoms with Gasteiger partial charge in [-0.25, -0.2) is 4.98 Å². The van der Waals surface area contributed by atoms with Crippen LogP contribution in [0.3, 0.4) is 0 Å². The number of benzene rings is 6. The predicted molar refractivity (Wildman–Crippen MR) is 219 cm³/mol. The molecule has 0 N–H and O–H groups in total. The van der Waals surface area contributed by atoms with Crippen LogP contribution in [-0.4, -0.2) is 14.4 Å². The highest BCUT2D eigenvalue weighted by Crippen LogP contribution is 2.57. The first kappa shape index (κ1) is 30.0. The van der Waals surface area contributed by atoms with Crippen molar-refractivity contribution in [3.8, 4) is 44.5 Å². The molecule has 10 aromatic rings. The zero-order valence-corrected chi connectivity index (χ0v) is 29.5. The van der Waals surface area contributed by atoms with Crippen molar-refractivity contribution in [3.05, 3.63) is 211 Å². The van der Waals surface area contributed by atoms with E-state index in [1.807, 2.05) is 18.5 Å². The summed E-state index contributed by atoms with van der Waals surface area (Å²) in [5.74, 6) is 0. The third-order valence-electron chi connectivity index (χ3n) is 11.0. The van der Waals surface area contributed by atoms with Gasteiger partial charge < -0.3 is 0 Å². The number of fused-ring (bicyclic) bond motifs is 8. The first-order chi connectivity index (χ1) is 26.3. The Labute approximate surface area is 311 Å². The summed E-state index contributed by atoms with van der Waals surface area (Å²) in [6.45, 7) is 0. The van der Waals surface area contributed by atoms with Crippen molar-refractivity contribution in [1.29, 1.82) is 0 Å². The van der Waals surface area contributed by atoms with Crippen LogP contribution in [0.4, 0.5) is 0 Å². The summed E-state index contributed by atoms with van der Waals surface area (Å²) < 4.78 is 3.51. The molecule has 0 atom stereocenters. The summed E-state index contributed by atoms with van der Waals surface area (Å²) in [6, 6.07) is 62.0. The van der Waals surface area contributed by atoms with E-state index in [9.17, 15) is 0 Å². The molecule has 4 heteroatoms. The van der Waals surface area contributed by atoms with E-state index in [1.54, 1.807) is 11.3 Å². The number of imidazole rings is 1. The topological polar surface area (TPSA) is 30.2 Å². The van der Waals surface area contributed by atoms with Crippen LogP contribution in [0, 0.1) is 0 Å². The minimum absolute atomic E-state index is 0.500. The molecule has 0 saturated carbocycles. The van der Waals surface area contributed by atoms with E-state index in [0.29, 0.717) is 0 Å². The summed E-state index contributed by atoms with van der Waals surface area (Å²) in [4.78, 5) is 10.6. The Bertz CT molecular complexity index is 2940. The number of hydrogen-bond acceptors (Lipinski definition) is 3. The number of nitrogens with zero attached hydrogens (tertiary/aromatic N) is 3. The summed E-state index contributed by atoms with van der Waals surface area (Å²) in [5, 5.41) is 1.22. The summed E-state index contributed by atoms with van der Waals surface area (Å²) in [5.41, 5.74) is 16.2. The fraction of sp³-hybridized carbons (Fsp3) is 0.0204. The molecule has 0 aliphatic heterocycles. The second-order valence-corrected chi connectivity index (χ2v) is 14.9. The van der Waals surface area contributed by atoms with E-state index in [2.05, 4.69) is 179 Å². The van der Waals surface area contributed by atoms with Gasteiger partial charge in [0.2, 0.25) is 0 Å². The molecule has 0 saturated heterocycles. The van der Waals surface area contributed by atoms with Gasteiger partial charge >= 0.3 is 0 Å². The second-order valence-electron chi connectivity index (χ2n) is 13.8. The summed E-state index contributed by atoms with van der Waals surface area (Å²) >= 11 is 1.80. The minimum Gasteiger partial charge on any atom is -0.290 e. The van der Waals surface area contributed by atoms with Crippen molar-refractivity contribution < 1.29 is 0 Å². The van der Waals surface area contributed by atoms with E-state index in [1.165, 1.54) is 76.1 Å². The highest BCUT2D eigenvalue weighted by Gasteiger charge is 2.46. The van der Waals surface area contributed by atoms with E-state index in [-0.39, 0.29) is 0 Å². The molecule has 1 aliphatic rings. The summed E-state index contributed by atoms with van der Waals surface area (Å²) in [6.07, 6.45) is 6.02. The molecule has 0 amide bonds. The third-order valence-corrected chi connectivity index (χ3v) is 12.2. The van der Waals surface area contributed by atoms with Gasteiger partial charge in [-0.3, -0.25) is 9.38 Å². The predicted octanol–water partition coefficient (Wildman–Crippen LogP) is 12.5. The number of hydrogen-bond donors (Lipinski definition) is 0. The highest BCUT2D eigenvalue weighted by atomic mass is 32.1. The maximum atomic E-state index is 4.98. The zero-order chi connectivity index (χ0) is 34.9. The van der Waals surface area contributed by atoms with Crippen LogP contribution in [0.1, 0.15) is 22.3 Å². The first-order valence-corrected chi connectivity index (χ1v) is 18.8. The largest absolute Gasteiger partial charge is 0.290 e. The molecule has 3 nitrogen and oxygen atoms in total. The molecule has 0 radical (unpaired) electrons. The van der Waals surface area contributed by atoms with Crippen LogP contribution in [0.15, 0.2) is 188 Å². The van der Waals surface area contributed by atoms with E-state index < -0.39 is 5.41 Å². The molecule has 0 fully saturated rings. The molecule has 248 valence electrons. The standard InChI is InChI=1S/C49H31N3S/c1-3-11-38(12-4-1)49(39-13-5-2-6-14-39)43-28-34(21-24-40(43)41-25-22-35(29-44(41)49)36-10-9-27-50-30-36)32-17-19-33(20-18-32)37-23-26-46-51-47-42-15-7-8-16-45(42)53-48(47)52(46)31-37/h1-31H. The maximum absolute atomic E-state index is 4.98. The average Bonchev–Trinajstić information content (AvgIpc) is 3.88. The van der Waals surface area contributed by atoms with Crippen molar-refractivity contribution in [3.63, 3.8) is 0 Å². The fourth-order valence-electron chi connectivity index (χ4n) is 8.56. The molecule has 11 rings (SSSR count). The molecular weight excluding hydrogens is 663 g/mol. The second kappa shape index (κ2) is 11.7. The lowest BCUT2D eigenvalue weighted by Crippen LogP contribution is -2.28. The van der Waals surface area contributed by atoms with Crippen molar-refractivity contribution in [2.75, 3.05) is 0 Å². The monoisotopic (exact) mass is 693 g/mol. The lowest BCUT2D eigenvalue weighted by molar-refractivity contribution is 0.769. The van der Waals surface area contributed by atoms with Gasteiger partial charge in [0.1, 0.15) is 16.0 Å². The highest BCUT2D eigenvalue weighted by molar-refractivity contribution is 7.25. The Morgan fingerprint density at radius 2 is 1.08 bits per heavy atom. The number of rotatable bonds is 5. The Balaban J connectivity index is 1.05. The average molecular weight is 694 g/mol. The van der Waals surface area contributed by atoms with Crippen LogP contribution in [0.25, 0.3) is 70.6 Å². The van der Waals surface area contributed by atoms with Gasteiger partial charge in [-0.15, -0.1) is 11.3 Å². The fourth-order valence-corrected chi connectivity index (χ4v) is 9.69. The van der Waals surface area contributed by atoms with Crippen molar-refractivity contribution in [2.24, 2.45) is 0 Å². The zero-order valence-electron chi connectivity index (χ0n) is 28.6. The van der Waals surface area contributed by atoms with E-state index >= 15 is 0 Å². The summed E-state index contributed by atoms with van der Waals surface area (Å²) in [7, 11) is 0. The smallest absolute Gasteiger partial charge is 0.138 e. The normalized spacial score (nSPS) is 13.1. The molecule has 1 aliphatic carbocycles. The molecule has 0 unspecified atom stereocenters. The SMILES string of the molecule is c1ccc(C2(c3ccccc3)c3cc(-c4ccc(-c5ccc6nc7c8ccccc8sc7n6c5)cc4)ccc3-c3ccc(-c4cccnc4)cc32)cc1. The van der Waals surface area contributed by atoms with Crippen molar-refractivity contribution in [1.82, 2.24) is 14.4 Å². The maximum Gasteiger partial charge on any atom is 0.138 e. The Morgan fingerprint density at radius 3 is 1.74 bits per heavy atom. The van der Waals surface area contributed by atoms with Gasteiger partial charge in [0.05, 0.1) is 5.41 Å². The van der Waals surface area contributed by atoms with Crippen molar-refractivity contribution >= 4 is 37.4 Å². The lowest BCUT2D eigenvalue weighted by Gasteiger charge is -2.34. The van der Waals surface area contributed by atoms with Gasteiger partial charge in [0, 0.05) is 28.7 Å². The quantitative estimate of drug-likeness (QED) is 0.180. The van der Waals surface area contributed by atoms with Gasteiger partial charge in [0.25, 0.3) is 0 Å². The number of pyridine rings is 2. The van der Waals surface area contributed by atoms with Crippen molar-refractivity contribution in [2.45, 2.75) is 5.41 Å². The van der Waals surface area contributed by atoms with Gasteiger partial charge in [-0.2, -0.15) is 0 Å². The van der Waals surface area contributed by atoms with Crippen LogP contribution in [0.5, 0.6) is 0 Å². The molecule has 6 aromatic carbocycles. The van der Waals surface area contributed by atoms with Gasteiger partial charge in [-0.1, -0.05) is 133 Å². The van der Waals surface area contributed by atoms with E-state index in [4.69, 9.17) is 4.98 Å². The minimum atomic E-state index is -0.500.